The van der Waals surface area contributed by atoms with Crippen molar-refractivity contribution in [3.8, 4) is 0 Å². The van der Waals surface area contributed by atoms with E-state index in [4.69, 9.17) is 0 Å². The normalized spacial score (nSPS) is 11.7. The van der Waals surface area contributed by atoms with Crippen LogP contribution in [0, 0.1) is 0 Å². The lowest BCUT2D eigenvalue weighted by Gasteiger charge is -2.14. The molecule has 1 heterocycles. The van der Waals surface area contributed by atoms with Gasteiger partial charge < -0.3 is 10.6 Å². The molecule has 11 heteroatoms. The van der Waals surface area contributed by atoms with Gasteiger partial charge in [0.05, 0.1) is 22.5 Å². The first kappa shape index (κ1) is 22.8. The van der Waals surface area contributed by atoms with Gasteiger partial charge in [0.1, 0.15) is 11.4 Å². The molecule has 0 unspecified atom stereocenters. The maximum Gasteiger partial charge on any atom is 0.418 e. The van der Waals surface area contributed by atoms with Crippen LogP contribution in [0.1, 0.15) is 32.1 Å². The van der Waals surface area contributed by atoms with Gasteiger partial charge in [-0.3, -0.25) is 9.59 Å². The number of benzene rings is 2. The molecule has 3 aromatic rings. The second-order valence-electron chi connectivity index (χ2n) is 6.40. The quantitative estimate of drug-likeness (QED) is 0.504. The topological polar surface area (TPSA) is 71.1 Å². The van der Waals surface area contributed by atoms with E-state index < -0.39 is 58.1 Å². The molecule has 0 saturated carbocycles. The average molecular weight is 453 g/mol. The van der Waals surface area contributed by atoms with Gasteiger partial charge in [-0.1, -0.05) is 30.3 Å². The summed E-state index contributed by atoms with van der Waals surface area (Å²) in [5.74, 6) is -2.07. The van der Waals surface area contributed by atoms with Crippen molar-refractivity contribution in [3.63, 3.8) is 0 Å². The predicted molar refractivity (Wildman–Crippen MR) is 103 cm³/mol. The molecule has 1 aromatic heterocycles. The maximum absolute atomic E-state index is 13.1. The van der Waals surface area contributed by atoms with Gasteiger partial charge in [0.2, 0.25) is 0 Å². The fraction of sp³-hybridized carbons (Fsp3) is 0.0952. The number of rotatable bonds is 4. The fourth-order valence-electron chi connectivity index (χ4n) is 2.74. The van der Waals surface area contributed by atoms with Crippen molar-refractivity contribution in [2.45, 2.75) is 12.4 Å². The zero-order valence-electron chi connectivity index (χ0n) is 15.9. The van der Waals surface area contributed by atoms with Gasteiger partial charge in [-0.2, -0.15) is 26.3 Å². The van der Waals surface area contributed by atoms with Crippen LogP contribution in [0.5, 0.6) is 0 Å². The lowest BCUT2D eigenvalue weighted by atomic mass is 10.1. The first-order valence-electron chi connectivity index (χ1n) is 8.89. The molecular weight excluding hydrogens is 440 g/mol. The number of amides is 2. The van der Waals surface area contributed by atoms with Crippen LogP contribution >= 0.6 is 0 Å². The van der Waals surface area contributed by atoms with E-state index in [0.717, 1.165) is 48.5 Å². The summed E-state index contributed by atoms with van der Waals surface area (Å²) in [6.07, 6.45) is -9.43. The van der Waals surface area contributed by atoms with Crippen LogP contribution < -0.4 is 10.6 Å². The van der Waals surface area contributed by atoms with Crippen LogP contribution in [0.15, 0.2) is 66.7 Å². The number of alkyl halides is 6. The second kappa shape index (κ2) is 8.69. The Balaban J connectivity index is 1.82. The summed E-state index contributed by atoms with van der Waals surface area (Å²) in [5, 5.41) is 4.15. The summed E-state index contributed by atoms with van der Waals surface area (Å²) in [5.41, 5.74) is -3.99. The van der Waals surface area contributed by atoms with Crippen molar-refractivity contribution in [3.05, 3.63) is 89.2 Å². The van der Waals surface area contributed by atoms with E-state index in [1.807, 2.05) is 0 Å². The second-order valence-corrected chi connectivity index (χ2v) is 6.40. The Morgan fingerprint density at radius 2 is 0.969 bits per heavy atom. The monoisotopic (exact) mass is 453 g/mol. The van der Waals surface area contributed by atoms with Gasteiger partial charge in [0, 0.05) is 0 Å². The number of carbonyl (C=O) groups excluding carboxylic acids is 2. The minimum absolute atomic E-state index is 0.404. The number of aromatic nitrogens is 1. The molecule has 2 amide bonds. The van der Waals surface area contributed by atoms with Crippen LogP contribution in [0.3, 0.4) is 0 Å². The van der Waals surface area contributed by atoms with E-state index in [9.17, 15) is 35.9 Å². The van der Waals surface area contributed by atoms with E-state index in [1.165, 1.54) is 18.2 Å². The molecule has 166 valence electrons. The number of carbonyl (C=O) groups is 2. The third kappa shape index (κ3) is 5.23. The largest absolute Gasteiger partial charge is 0.418 e. The smallest absolute Gasteiger partial charge is 0.320 e. The number of hydrogen-bond acceptors (Lipinski definition) is 3. The van der Waals surface area contributed by atoms with E-state index in [1.54, 1.807) is 0 Å². The van der Waals surface area contributed by atoms with E-state index in [2.05, 4.69) is 15.6 Å². The molecule has 0 bridgehead atoms. The minimum Gasteiger partial charge on any atom is -0.320 e. The maximum atomic E-state index is 13.1. The summed E-state index contributed by atoms with van der Waals surface area (Å²) < 4.78 is 78.6. The Morgan fingerprint density at radius 3 is 1.34 bits per heavy atom. The molecule has 3 rings (SSSR count). The minimum atomic E-state index is -4.72. The lowest BCUT2D eigenvalue weighted by molar-refractivity contribution is -0.137. The average Bonchev–Trinajstić information content (AvgIpc) is 2.73. The van der Waals surface area contributed by atoms with Crippen molar-refractivity contribution in [1.82, 2.24) is 4.98 Å². The van der Waals surface area contributed by atoms with Crippen LogP contribution in [-0.2, 0) is 12.4 Å². The van der Waals surface area contributed by atoms with E-state index in [0.29, 0.717) is 0 Å². The number of hydrogen-bond donors (Lipinski definition) is 2. The lowest BCUT2D eigenvalue weighted by Crippen LogP contribution is -2.21. The van der Waals surface area contributed by atoms with Gasteiger partial charge in [-0.15, -0.1) is 0 Å². The molecule has 0 radical (unpaired) electrons. The highest BCUT2D eigenvalue weighted by atomic mass is 19.4. The van der Waals surface area contributed by atoms with E-state index in [-0.39, 0.29) is 0 Å². The Bertz CT molecular complexity index is 1070. The zero-order valence-corrected chi connectivity index (χ0v) is 15.9. The standard InChI is InChI=1S/C21H13F6N3O2/c22-20(23,24)12-6-1-3-8-14(12)29-18(31)16-10-5-11-17(28-16)19(32)30-15-9-4-2-7-13(15)21(25,26)27/h1-11H,(H,29,31)(H,30,32). The van der Waals surface area contributed by atoms with E-state index >= 15 is 0 Å². The molecule has 0 aliphatic rings. The third-order valence-corrected chi connectivity index (χ3v) is 4.18. The van der Waals surface area contributed by atoms with Crippen LogP contribution in [0.4, 0.5) is 37.7 Å². The molecule has 0 aliphatic carbocycles. The van der Waals surface area contributed by atoms with Crippen LogP contribution in [0.2, 0.25) is 0 Å². The zero-order chi connectivity index (χ0) is 23.5. The Labute approximate surface area is 177 Å². The van der Waals surface area contributed by atoms with Gasteiger partial charge in [-0.05, 0) is 36.4 Å². The molecule has 5 nitrogen and oxygen atoms in total. The molecule has 0 atom stereocenters. The SMILES string of the molecule is O=C(Nc1ccccc1C(F)(F)F)c1cccc(C(=O)Nc2ccccc2C(F)(F)F)n1. The predicted octanol–water partition coefficient (Wildman–Crippen LogP) is 5.62. The molecule has 32 heavy (non-hydrogen) atoms. The van der Waals surface area contributed by atoms with Crippen LogP contribution in [0.25, 0.3) is 0 Å². The number of nitrogens with zero attached hydrogens (tertiary/aromatic N) is 1. The van der Waals surface area contributed by atoms with Gasteiger partial charge >= 0.3 is 12.4 Å². The fourth-order valence-corrected chi connectivity index (χ4v) is 2.74. The summed E-state index contributed by atoms with van der Waals surface area (Å²) >= 11 is 0. The molecule has 0 saturated heterocycles. The van der Waals surface area contributed by atoms with Crippen molar-refractivity contribution in [2.75, 3.05) is 10.6 Å². The van der Waals surface area contributed by atoms with Crippen molar-refractivity contribution < 1.29 is 35.9 Å². The van der Waals surface area contributed by atoms with Crippen molar-refractivity contribution in [2.24, 2.45) is 0 Å². The van der Waals surface area contributed by atoms with Crippen molar-refractivity contribution in [1.29, 1.82) is 0 Å². The summed E-state index contributed by atoms with van der Waals surface area (Å²) in [7, 11) is 0. The Hall–Kier alpha value is -3.89. The van der Waals surface area contributed by atoms with Crippen LogP contribution in [-0.4, -0.2) is 16.8 Å². The molecule has 0 fully saturated rings. The molecule has 2 N–H and O–H groups in total. The number of nitrogens with one attached hydrogen (secondary N) is 2. The highest BCUT2D eigenvalue weighted by Gasteiger charge is 2.34. The summed E-state index contributed by atoms with van der Waals surface area (Å²) in [6.45, 7) is 0. The number of halogens is 6. The summed E-state index contributed by atoms with van der Waals surface area (Å²) in [4.78, 5) is 28.5. The highest BCUT2D eigenvalue weighted by molar-refractivity contribution is 6.06. The first-order valence-corrected chi connectivity index (χ1v) is 8.89. The highest BCUT2D eigenvalue weighted by Crippen LogP contribution is 2.35. The van der Waals surface area contributed by atoms with Gasteiger partial charge in [-0.25, -0.2) is 4.98 Å². The first-order chi connectivity index (χ1) is 15.0. The van der Waals surface area contributed by atoms with Gasteiger partial charge in [0.25, 0.3) is 11.8 Å². The summed E-state index contributed by atoms with van der Waals surface area (Å²) in [6, 6.07) is 12.1. The molecule has 0 spiro atoms. The molecular formula is C21H13F6N3O2. The molecule has 2 aromatic carbocycles. The third-order valence-electron chi connectivity index (χ3n) is 4.18. The number of anilines is 2. The number of para-hydroxylation sites is 2. The Kier molecular flexibility index (Phi) is 6.19. The molecule has 0 aliphatic heterocycles. The Morgan fingerprint density at radius 1 is 0.594 bits per heavy atom. The van der Waals surface area contributed by atoms with Gasteiger partial charge in [0.15, 0.2) is 0 Å². The number of pyridine rings is 1. The van der Waals surface area contributed by atoms with Crippen molar-refractivity contribution >= 4 is 23.2 Å².